The van der Waals surface area contributed by atoms with Crippen LogP contribution in [0.3, 0.4) is 0 Å². The van der Waals surface area contributed by atoms with Crippen molar-refractivity contribution in [1.29, 1.82) is 0 Å². The summed E-state index contributed by atoms with van der Waals surface area (Å²) in [7, 11) is -3.64. The van der Waals surface area contributed by atoms with Crippen molar-refractivity contribution in [1.82, 2.24) is 9.62 Å². The number of fused-ring (bicyclic) bond motifs is 1. The fourth-order valence-corrected chi connectivity index (χ4v) is 5.83. The smallest absolute Gasteiger partial charge is 0.253 e. The van der Waals surface area contributed by atoms with E-state index in [0.29, 0.717) is 19.5 Å². The van der Waals surface area contributed by atoms with Crippen LogP contribution in [0.25, 0.3) is 0 Å². The summed E-state index contributed by atoms with van der Waals surface area (Å²) in [4.78, 5) is 13.2. The van der Waals surface area contributed by atoms with Crippen molar-refractivity contribution in [3.63, 3.8) is 0 Å². The minimum absolute atomic E-state index is 0.0895. The summed E-state index contributed by atoms with van der Waals surface area (Å²) in [6, 6.07) is 11.6. The molecule has 160 valence electrons. The van der Waals surface area contributed by atoms with Gasteiger partial charge in [-0.2, -0.15) is 4.31 Å². The number of amides is 1. The zero-order chi connectivity index (χ0) is 21.5. The monoisotopic (exact) mass is 448 g/mol. The highest BCUT2D eigenvalue weighted by Crippen LogP contribution is 2.39. The molecule has 0 unspecified atom stereocenters. The lowest BCUT2D eigenvalue weighted by Crippen LogP contribution is -2.41. The number of sulfonamides is 1. The second-order valence-corrected chi connectivity index (χ2v) is 10.7. The maximum atomic E-state index is 13.1. The second-order valence-electron chi connectivity index (χ2n) is 8.38. The maximum Gasteiger partial charge on any atom is 0.253 e. The van der Waals surface area contributed by atoms with Crippen LogP contribution in [-0.2, 0) is 10.0 Å². The van der Waals surface area contributed by atoms with Crippen molar-refractivity contribution in [3.8, 4) is 5.75 Å². The molecule has 1 N–H and O–H groups in total. The van der Waals surface area contributed by atoms with E-state index in [1.165, 1.54) is 22.5 Å². The van der Waals surface area contributed by atoms with Crippen LogP contribution in [0.5, 0.6) is 5.75 Å². The van der Waals surface area contributed by atoms with Crippen LogP contribution in [0.1, 0.15) is 55.1 Å². The Bertz CT molecular complexity index is 1080. The minimum Gasteiger partial charge on any atom is -0.487 e. The van der Waals surface area contributed by atoms with Gasteiger partial charge >= 0.3 is 0 Å². The number of carbonyl (C=O) groups is 1. The lowest BCUT2D eigenvalue weighted by Gasteiger charge is -2.37. The van der Waals surface area contributed by atoms with Gasteiger partial charge < -0.3 is 10.1 Å². The van der Waals surface area contributed by atoms with Crippen LogP contribution in [0.15, 0.2) is 47.4 Å². The van der Waals surface area contributed by atoms with Crippen LogP contribution < -0.4 is 10.1 Å². The van der Waals surface area contributed by atoms with E-state index < -0.39 is 21.5 Å². The van der Waals surface area contributed by atoms with Crippen LogP contribution in [0, 0.1) is 0 Å². The first-order valence-corrected chi connectivity index (χ1v) is 11.9. The summed E-state index contributed by atoms with van der Waals surface area (Å²) in [5.41, 5.74) is 0.595. The summed E-state index contributed by atoms with van der Waals surface area (Å²) in [5.74, 6) is 0.325. The van der Waals surface area contributed by atoms with Crippen LogP contribution in [-0.4, -0.2) is 37.3 Å². The quantitative estimate of drug-likeness (QED) is 0.762. The number of carbonyl (C=O) groups excluding carboxylic acids is 1. The number of nitrogens with one attached hydrogen (secondary N) is 1. The van der Waals surface area contributed by atoms with Gasteiger partial charge in [0.1, 0.15) is 11.4 Å². The SMILES string of the molecule is CC1(C)C[C@@H](NC(=O)c2cc(S(=O)(=O)N3CCCC3)ccc2Cl)c2ccccc2O1. The van der Waals surface area contributed by atoms with Crippen LogP contribution in [0.2, 0.25) is 5.02 Å². The van der Waals surface area contributed by atoms with E-state index in [1.807, 2.05) is 38.1 Å². The molecule has 1 atom stereocenters. The highest BCUT2D eigenvalue weighted by Gasteiger charge is 2.35. The van der Waals surface area contributed by atoms with E-state index in [0.717, 1.165) is 24.2 Å². The Labute approximate surface area is 182 Å². The summed E-state index contributed by atoms with van der Waals surface area (Å²) >= 11 is 6.28. The first-order valence-electron chi connectivity index (χ1n) is 10.1. The number of hydrogen-bond acceptors (Lipinski definition) is 4. The summed E-state index contributed by atoms with van der Waals surface area (Å²) in [6.07, 6.45) is 2.28. The standard InChI is InChI=1S/C22H25ClN2O4S/c1-22(2)14-19(16-7-3-4-8-20(16)29-22)24-21(26)17-13-15(9-10-18(17)23)30(27,28)25-11-5-6-12-25/h3-4,7-10,13,19H,5-6,11-12,14H2,1-2H3,(H,24,26)/t19-/m1/s1. The van der Waals surface area contributed by atoms with Crippen LogP contribution >= 0.6 is 11.6 Å². The van der Waals surface area contributed by atoms with Crippen molar-refractivity contribution in [2.75, 3.05) is 13.1 Å². The summed E-state index contributed by atoms with van der Waals surface area (Å²) in [6.45, 7) is 4.94. The third-order valence-corrected chi connectivity index (χ3v) is 7.79. The minimum atomic E-state index is -3.64. The van der Waals surface area contributed by atoms with Gasteiger partial charge in [-0.25, -0.2) is 8.42 Å². The van der Waals surface area contributed by atoms with Gasteiger partial charge in [-0.1, -0.05) is 29.8 Å². The highest BCUT2D eigenvalue weighted by molar-refractivity contribution is 7.89. The van der Waals surface area contributed by atoms with Crippen LogP contribution in [0.4, 0.5) is 0 Å². The molecular weight excluding hydrogens is 424 g/mol. The molecule has 2 aliphatic heterocycles. The normalized spacial score (nSPS) is 21.0. The van der Waals surface area contributed by atoms with E-state index in [-0.39, 0.29) is 21.5 Å². The average Bonchev–Trinajstić information content (AvgIpc) is 3.23. The molecular formula is C22H25ClN2O4S. The number of benzene rings is 2. The molecule has 2 aromatic carbocycles. The first-order chi connectivity index (χ1) is 14.2. The predicted molar refractivity (Wildman–Crippen MR) is 115 cm³/mol. The zero-order valence-corrected chi connectivity index (χ0v) is 18.6. The molecule has 0 radical (unpaired) electrons. The Kier molecular flexibility index (Phi) is 5.55. The Morgan fingerprint density at radius 1 is 1.17 bits per heavy atom. The Balaban J connectivity index is 1.63. The van der Waals surface area contributed by atoms with E-state index in [2.05, 4.69) is 5.32 Å². The van der Waals surface area contributed by atoms with Gasteiger partial charge in [0.25, 0.3) is 5.91 Å². The van der Waals surface area contributed by atoms with E-state index in [1.54, 1.807) is 0 Å². The zero-order valence-electron chi connectivity index (χ0n) is 17.0. The van der Waals surface area contributed by atoms with Crippen molar-refractivity contribution in [3.05, 3.63) is 58.6 Å². The number of ether oxygens (including phenoxy) is 1. The largest absolute Gasteiger partial charge is 0.487 e. The van der Waals surface area contributed by atoms with E-state index in [9.17, 15) is 13.2 Å². The van der Waals surface area contributed by atoms with Crippen molar-refractivity contribution in [2.45, 2.75) is 49.6 Å². The lowest BCUT2D eigenvalue weighted by atomic mass is 9.89. The van der Waals surface area contributed by atoms with Gasteiger partial charge in [0.2, 0.25) is 10.0 Å². The number of nitrogens with zero attached hydrogens (tertiary/aromatic N) is 1. The predicted octanol–water partition coefficient (Wildman–Crippen LogP) is 4.16. The summed E-state index contributed by atoms with van der Waals surface area (Å²) < 4.78 is 33.3. The molecule has 1 saturated heterocycles. The third-order valence-electron chi connectivity index (χ3n) is 5.57. The maximum absolute atomic E-state index is 13.1. The molecule has 1 amide bonds. The number of rotatable bonds is 4. The molecule has 0 aromatic heterocycles. The Hall–Kier alpha value is -2.09. The molecule has 8 heteroatoms. The van der Waals surface area contributed by atoms with Crippen molar-refractivity contribution in [2.24, 2.45) is 0 Å². The Morgan fingerprint density at radius 2 is 1.87 bits per heavy atom. The molecule has 1 fully saturated rings. The topological polar surface area (TPSA) is 75.7 Å². The number of halogens is 1. The third kappa shape index (κ3) is 4.06. The molecule has 0 aliphatic carbocycles. The number of hydrogen-bond donors (Lipinski definition) is 1. The van der Waals surface area contributed by atoms with Gasteiger partial charge in [-0.3, -0.25) is 4.79 Å². The van der Waals surface area contributed by atoms with Gasteiger partial charge in [-0.15, -0.1) is 0 Å². The molecule has 2 aliphatic rings. The Morgan fingerprint density at radius 3 is 2.60 bits per heavy atom. The molecule has 2 aromatic rings. The molecule has 0 bridgehead atoms. The van der Waals surface area contributed by atoms with E-state index >= 15 is 0 Å². The molecule has 30 heavy (non-hydrogen) atoms. The van der Waals surface area contributed by atoms with Crippen molar-refractivity contribution >= 4 is 27.5 Å². The summed E-state index contributed by atoms with van der Waals surface area (Å²) in [5, 5.41) is 3.24. The fourth-order valence-electron chi connectivity index (χ4n) is 4.08. The molecule has 2 heterocycles. The number of para-hydroxylation sites is 1. The fraction of sp³-hybridized carbons (Fsp3) is 0.409. The van der Waals surface area contributed by atoms with E-state index in [4.69, 9.17) is 16.3 Å². The highest BCUT2D eigenvalue weighted by atomic mass is 35.5. The average molecular weight is 449 g/mol. The van der Waals surface area contributed by atoms with Gasteiger partial charge in [0.05, 0.1) is 21.5 Å². The van der Waals surface area contributed by atoms with Crippen molar-refractivity contribution < 1.29 is 17.9 Å². The molecule has 0 spiro atoms. The van der Waals surface area contributed by atoms with Gasteiger partial charge in [-0.05, 0) is 51.0 Å². The molecule has 6 nitrogen and oxygen atoms in total. The van der Waals surface area contributed by atoms with Gasteiger partial charge in [0, 0.05) is 25.1 Å². The molecule has 0 saturated carbocycles. The second kappa shape index (κ2) is 7.87. The molecule has 4 rings (SSSR count). The first kappa shape index (κ1) is 21.2. The lowest BCUT2D eigenvalue weighted by molar-refractivity contribution is 0.0619. The van der Waals surface area contributed by atoms with Gasteiger partial charge in [0.15, 0.2) is 0 Å².